The number of thiazole rings is 1. The zero-order valence-corrected chi connectivity index (χ0v) is 19.3. The van der Waals surface area contributed by atoms with Crippen molar-refractivity contribution < 1.29 is 18.3 Å². The summed E-state index contributed by atoms with van der Waals surface area (Å²) in [5.74, 6) is -0.294. The Morgan fingerprint density at radius 2 is 1.97 bits per heavy atom. The monoisotopic (exact) mass is 513 g/mol. The van der Waals surface area contributed by atoms with Gasteiger partial charge in [-0.25, -0.2) is 0 Å². The third kappa shape index (κ3) is 4.89. The van der Waals surface area contributed by atoms with Crippen molar-refractivity contribution in [1.82, 2.24) is 9.97 Å². The Bertz CT molecular complexity index is 1570. The number of benzene rings is 2. The van der Waals surface area contributed by atoms with E-state index in [1.807, 2.05) is 0 Å². The summed E-state index contributed by atoms with van der Waals surface area (Å²) in [7, 11) is 0. The summed E-state index contributed by atoms with van der Waals surface area (Å²) < 4.78 is 41.4. The molecular weight excluding hydrogens is 499 g/mol. The Balaban J connectivity index is 1.66. The number of hydrogen-bond donors (Lipinski definition) is 2. The summed E-state index contributed by atoms with van der Waals surface area (Å²) in [6, 6.07) is 12.4. The molecule has 0 saturated heterocycles. The fraction of sp³-hybridized carbons (Fsp3) is 0.0833. The average Bonchev–Trinajstić information content (AvgIpc) is 3.44. The fourth-order valence-electron chi connectivity index (χ4n) is 3.68. The van der Waals surface area contributed by atoms with E-state index in [4.69, 9.17) is 11.6 Å². The van der Waals surface area contributed by atoms with Crippen LogP contribution in [0, 0.1) is 0 Å². The molecule has 11 heteroatoms. The molecule has 6 nitrogen and oxygen atoms in total. The van der Waals surface area contributed by atoms with Crippen LogP contribution in [0.5, 0.6) is 5.88 Å². The number of aromatic nitrogens is 2. The highest BCUT2D eigenvalue weighted by Gasteiger charge is 2.34. The molecule has 3 heterocycles. The van der Waals surface area contributed by atoms with Gasteiger partial charge >= 0.3 is 6.18 Å². The maximum atomic E-state index is 13.8. The molecule has 35 heavy (non-hydrogen) atoms. The zero-order valence-electron chi connectivity index (χ0n) is 17.7. The number of alkyl halides is 3. The molecule has 0 bridgehead atoms. The van der Waals surface area contributed by atoms with Crippen molar-refractivity contribution in [1.29, 1.82) is 0 Å². The normalized spacial score (nSPS) is 13.4. The van der Waals surface area contributed by atoms with E-state index in [-0.39, 0.29) is 22.9 Å². The third-order valence-corrected chi connectivity index (χ3v) is 6.53. The van der Waals surface area contributed by atoms with Crippen molar-refractivity contribution in [3.63, 3.8) is 0 Å². The predicted molar refractivity (Wildman–Crippen MR) is 129 cm³/mol. The second-order valence-corrected chi connectivity index (χ2v) is 9.05. The van der Waals surface area contributed by atoms with E-state index >= 15 is 0 Å². The van der Waals surface area contributed by atoms with E-state index in [9.17, 15) is 18.3 Å². The van der Waals surface area contributed by atoms with E-state index in [2.05, 4.69) is 25.5 Å². The lowest BCUT2D eigenvalue weighted by atomic mass is 9.96. The van der Waals surface area contributed by atoms with Gasteiger partial charge in [0.05, 0.1) is 33.9 Å². The summed E-state index contributed by atoms with van der Waals surface area (Å²) in [6.45, 7) is 0. The molecule has 0 radical (unpaired) electrons. The Morgan fingerprint density at radius 3 is 2.74 bits per heavy atom. The Labute approximate surface area is 205 Å². The van der Waals surface area contributed by atoms with E-state index in [0.29, 0.717) is 31.8 Å². The molecule has 0 aliphatic carbocycles. The molecule has 0 spiro atoms. The number of aromatic hydroxyl groups is 1. The van der Waals surface area contributed by atoms with E-state index in [0.717, 1.165) is 23.0 Å². The number of fused-ring (bicyclic) bond motifs is 1. The third-order valence-electron chi connectivity index (χ3n) is 5.28. The van der Waals surface area contributed by atoms with Gasteiger partial charge in [-0.2, -0.15) is 28.4 Å². The summed E-state index contributed by atoms with van der Waals surface area (Å²) in [4.78, 5) is 8.55. The maximum absolute atomic E-state index is 13.8. The lowest BCUT2D eigenvalue weighted by Gasteiger charge is -2.15. The molecule has 2 N–H and O–H groups in total. The highest BCUT2D eigenvalue weighted by molar-refractivity contribution is 7.17. The summed E-state index contributed by atoms with van der Waals surface area (Å²) in [5.41, 5.74) is 1.03. The van der Waals surface area contributed by atoms with Crippen molar-refractivity contribution in [3.8, 4) is 5.88 Å². The minimum absolute atomic E-state index is 0.0124. The maximum Gasteiger partial charge on any atom is 0.416 e. The highest BCUT2D eigenvalue weighted by Crippen LogP contribution is 2.39. The second-order valence-electron chi connectivity index (χ2n) is 7.61. The number of nitrogens with one attached hydrogen (secondary N) is 1. The molecule has 2 aromatic heterocycles. The summed E-state index contributed by atoms with van der Waals surface area (Å²) >= 11 is 6.99. The van der Waals surface area contributed by atoms with Crippen LogP contribution in [0.3, 0.4) is 0 Å². The average molecular weight is 514 g/mol. The minimum Gasteiger partial charge on any atom is -0.492 e. The number of anilines is 2. The van der Waals surface area contributed by atoms with Crippen LogP contribution < -0.4 is 15.9 Å². The first kappa shape index (κ1) is 23.0. The molecule has 5 rings (SSSR count). The molecule has 0 amide bonds. The van der Waals surface area contributed by atoms with E-state index in [1.165, 1.54) is 12.1 Å². The van der Waals surface area contributed by atoms with Gasteiger partial charge < -0.3 is 10.4 Å². The Kier molecular flexibility index (Phi) is 6.00. The van der Waals surface area contributed by atoms with Crippen molar-refractivity contribution >= 4 is 45.5 Å². The van der Waals surface area contributed by atoms with Crippen molar-refractivity contribution in [2.24, 2.45) is 10.2 Å². The van der Waals surface area contributed by atoms with Crippen molar-refractivity contribution in [2.45, 2.75) is 12.6 Å². The second kappa shape index (κ2) is 9.12. The van der Waals surface area contributed by atoms with Crippen LogP contribution in [0.25, 0.3) is 5.57 Å². The molecule has 0 saturated carbocycles. The first-order chi connectivity index (χ1) is 16.8. The number of pyridine rings is 1. The van der Waals surface area contributed by atoms with Crippen LogP contribution in [-0.4, -0.2) is 21.3 Å². The van der Waals surface area contributed by atoms with Crippen LogP contribution >= 0.6 is 22.9 Å². The number of halogens is 4. The predicted octanol–water partition coefficient (Wildman–Crippen LogP) is 5.07. The molecule has 0 unspecified atom stereocenters. The number of rotatable bonds is 5. The molecule has 1 aliphatic rings. The fourth-order valence-corrected chi connectivity index (χ4v) is 4.80. The Hall–Kier alpha value is -3.76. The largest absolute Gasteiger partial charge is 0.492 e. The first-order valence-corrected chi connectivity index (χ1v) is 11.4. The van der Waals surface area contributed by atoms with Gasteiger partial charge in [-0.15, -0.1) is 0 Å². The zero-order chi connectivity index (χ0) is 24.6. The van der Waals surface area contributed by atoms with Crippen LogP contribution in [-0.2, 0) is 12.6 Å². The van der Waals surface area contributed by atoms with Gasteiger partial charge in [0.1, 0.15) is 0 Å². The molecule has 0 fully saturated rings. The molecule has 0 atom stereocenters. The van der Waals surface area contributed by atoms with Gasteiger partial charge in [0.2, 0.25) is 5.88 Å². The standard InChI is InChI=1S/C24H15ClF3N5OS/c25-16-5-3-14(19(10-16)24(26,27)28)9-18(13-4-6-20-15(8-13)11-30-33-20)21-22(34)32-23(35-21)31-17-2-1-7-29-12-17/h1-8,10-12,34H,9H2,(H,31,32). The van der Waals surface area contributed by atoms with Gasteiger partial charge in [-0.1, -0.05) is 35.1 Å². The van der Waals surface area contributed by atoms with Gasteiger partial charge in [0.15, 0.2) is 5.13 Å². The van der Waals surface area contributed by atoms with Crippen LogP contribution in [0.15, 0.2) is 71.1 Å². The lowest BCUT2D eigenvalue weighted by molar-refractivity contribution is -0.138. The molecule has 2 aromatic carbocycles. The molecule has 1 aliphatic heterocycles. The van der Waals surface area contributed by atoms with Crippen LogP contribution in [0.2, 0.25) is 5.02 Å². The number of hydrogen-bond acceptors (Lipinski definition) is 7. The Morgan fingerprint density at radius 1 is 1.11 bits per heavy atom. The van der Waals surface area contributed by atoms with Gasteiger partial charge in [-0.3, -0.25) is 4.98 Å². The van der Waals surface area contributed by atoms with Crippen LogP contribution in [0.4, 0.5) is 24.0 Å². The quantitative estimate of drug-likeness (QED) is 0.390. The van der Waals surface area contributed by atoms with Gasteiger partial charge in [0.25, 0.3) is 0 Å². The van der Waals surface area contributed by atoms with Crippen molar-refractivity contribution in [3.05, 3.63) is 98.1 Å². The van der Waals surface area contributed by atoms with Crippen LogP contribution in [0.1, 0.15) is 21.6 Å². The first-order valence-electron chi connectivity index (χ1n) is 10.2. The van der Waals surface area contributed by atoms with E-state index < -0.39 is 11.7 Å². The lowest BCUT2D eigenvalue weighted by Crippen LogP contribution is -2.17. The van der Waals surface area contributed by atoms with E-state index in [1.54, 1.807) is 48.9 Å². The number of nitrogens with zero attached hydrogens (tertiary/aromatic N) is 4. The topological polar surface area (TPSA) is 82.8 Å². The summed E-state index contributed by atoms with van der Waals surface area (Å²) in [6.07, 6.45) is 0.0611. The molecular formula is C24H15ClF3N5OS. The van der Waals surface area contributed by atoms with Crippen molar-refractivity contribution in [2.75, 3.05) is 5.32 Å². The summed E-state index contributed by atoms with van der Waals surface area (Å²) in [5, 5.41) is 23.3. The minimum atomic E-state index is -4.60. The molecule has 176 valence electrons. The van der Waals surface area contributed by atoms with Gasteiger partial charge in [-0.05, 0) is 52.8 Å². The SMILES string of the molecule is Oc1nc(Nc2cccnc2)sc1C(Cc1ccc(Cl)cc1C(F)(F)F)=c1ccc2c(c1)C=NN=2. The molecule has 4 aromatic rings. The smallest absolute Gasteiger partial charge is 0.416 e. The van der Waals surface area contributed by atoms with Gasteiger partial charge in [0, 0.05) is 23.2 Å². The highest BCUT2D eigenvalue weighted by atomic mass is 35.5.